The Morgan fingerprint density at radius 2 is 2.22 bits per heavy atom. The van der Waals surface area contributed by atoms with E-state index in [4.69, 9.17) is 11.6 Å². The van der Waals surface area contributed by atoms with E-state index in [1.165, 1.54) is 16.0 Å². The van der Waals surface area contributed by atoms with Gasteiger partial charge in [0.15, 0.2) is 0 Å². The van der Waals surface area contributed by atoms with Gasteiger partial charge in [0.1, 0.15) is 4.34 Å². The zero-order valence-corrected chi connectivity index (χ0v) is 14.3. The Labute approximate surface area is 129 Å². The van der Waals surface area contributed by atoms with Gasteiger partial charge in [-0.25, -0.2) is 0 Å². The number of thiophene rings is 2. The van der Waals surface area contributed by atoms with Crippen LogP contribution in [-0.4, -0.2) is 6.54 Å². The van der Waals surface area contributed by atoms with E-state index >= 15 is 0 Å². The Balaban J connectivity index is 2.33. The van der Waals surface area contributed by atoms with Crippen LogP contribution >= 0.6 is 50.2 Å². The summed E-state index contributed by atoms with van der Waals surface area (Å²) >= 11 is 13.0. The van der Waals surface area contributed by atoms with E-state index in [0.717, 1.165) is 21.8 Å². The highest BCUT2D eigenvalue weighted by Crippen LogP contribution is 2.38. The lowest BCUT2D eigenvalue weighted by molar-refractivity contribution is 0.605. The highest BCUT2D eigenvalue weighted by atomic mass is 79.9. The van der Waals surface area contributed by atoms with Gasteiger partial charge in [-0.3, -0.25) is 0 Å². The first-order valence-electron chi connectivity index (χ1n) is 5.84. The quantitative estimate of drug-likeness (QED) is 0.725. The van der Waals surface area contributed by atoms with Crippen LogP contribution in [0.4, 0.5) is 0 Å². The second-order valence-electron chi connectivity index (χ2n) is 4.17. The molecule has 98 valence electrons. The molecule has 0 amide bonds. The largest absolute Gasteiger partial charge is 0.306 e. The summed E-state index contributed by atoms with van der Waals surface area (Å²) in [6, 6.07) is 2.38. The fourth-order valence-corrected chi connectivity index (χ4v) is 4.53. The van der Waals surface area contributed by atoms with Gasteiger partial charge in [0, 0.05) is 9.35 Å². The van der Waals surface area contributed by atoms with Crippen molar-refractivity contribution in [3.63, 3.8) is 0 Å². The molecule has 1 nitrogen and oxygen atoms in total. The maximum Gasteiger partial charge on any atom is 0.107 e. The van der Waals surface area contributed by atoms with Gasteiger partial charge in [0.2, 0.25) is 0 Å². The van der Waals surface area contributed by atoms with E-state index in [0.29, 0.717) is 0 Å². The summed E-state index contributed by atoms with van der Waals surface area (Å²) in [6.07, 6.45) is 1.12. The van der Waals surface area contributed by atoms with Gasteiger partial charge >= 0.3 is 0 Å². The molecule has 0 aliphatic carbocycles. The molecule has 0 saturated carbocycles. The van der Waals surface area contributed by atoms with Crippen molar-refractivity contribution >= 4 is 50.2 Å². The van der Waals surface area contributed by atoms with E-state index in [1.54, 1.807) is 22.7 Å². The minimum atomic E-state index is 0.255. The molecular formula is C13H15BrClNS2. The smallest absolute Gasteiger partial charge is 0.107 e. The summed E-state index contributed by atoms with van der Waals surface area (Å²) in [5.41, 5.74) is 2.70. The molecule has 0 radical (unpaired) electrons. The van der Waals surface area contributed by atoms with Crippen LogP contribution in [0.15, 0.2) is 21.3 Å². The Morgan fingerprint density at radius 1 is 1.44 bits per heavy atom. The summed E-state index contributed by atoms with van der Waals surface area (Å²) < 4.78 is 1.81. The molecule has 2 heterocycles. The SMILES string of the molecule is CCCNC(c1cc(Br)c(Cl)s1)c1cscc1C. The Bertz CT molecular complexity index is 501. The molecule has 2 rings (SSSR count). The molecule has 1 atom stereocenters. The van der Waals surface area contributed by atoms with Crippen LogP contribution in [0.5, 0.6) is 0 Å². The van der Waals surface area contributed by atoms with Crippen LogP contribution < -0.4 is 5.32 Å². The van der Waals surface area contributed by atoms with Crippen molar-refractivity contribution < 1.29 is 0 Å². The van der Waals surface area contributed by atoms with Crippen LogP contribution in [0.3, 0.4) is 0 Å². The molecule has 0 bridgehead atoms. The fraction of sp³-hybridized carbons (Fsp3) is 0.385. The second-order valence-corrected chi connectivity index (χ2v) is 7.45. The van der Waals surface area contributed by atoms with Gasteiger partial charge < -0.3 is 5.32 Å². The molecule has 0 aromatic carbocycles. The monoisotopic (exact) mass is 363 g/mol. The van der Waals surface area contributed by atoms with Crippen molar-refractivity contribution in [3.05, 3.63) is 41.6 Å². The first-order chi connectivity index (χ1) is 8.63. The third kappa shape index (κ3) is 3.17. The summed E-state index contributed by atoms with van der Waals surface area (Å²) in [7, 11) is 0. The average Bonchev–Trinajstić information content (AvgIpc) is 2.88. The Kier molecular flexibility index (Phi) is 5.27. The molecule has 0 spiro atoms. The van der Waals surface area contributed by atoms with Crippen molar-refractivity contribution in [2.75, 3.05) is 6.54 Å². The lowest BCUT2D eigenvalue weighted by Gasteiger charge is -2.17. The Morgan fingerprint density at radius 3 is 2.72 bits per heavy atom. The number of hydrogen-bond acceptors (Lipinski definition) is 3. The highest BCUT2D eigenvalue weighted by Gasteiger charge is 2.19. The van der Waals surface area contributed by atoms with Crippen molar-refractivity contribution in [3.8, 4) is 0 Å². The third-order valence-corrected chi connectivity index (χ3v) is 6.17. The molecule has 2 aromatic heterocycles. The lowest BCUT2D eigenvalue weighted by atomic mass is 10.1. The summed E-state index contributed by atoms with van der Waals surface area (Å²) in [5.74, 6) is 0. The van der Waals surface area contributed by atoms with E-state index in [2.05, 4.69) is 51.9 Å². The summed E-state index contributed by atoms with van der Waals surface area (Å²) in [4.78, 5) is 1.27. The highest BCUT2D eigenvalue weighted by molar-refractivity contribution is 9.10. The molecule has 1 unspecified atom stereocenters. The second kappa shape index (κ2) is 6.53. The first kappa shape index (κ1) is 14.5. The first-order valence-corrected chi connectivity index (χ1v) is 8.77. The van der Waals surface area contributed by atoms with Crippen molar-refractivity contribution in [1.29, 1.82) is 0 Å². The van der Waals surface area contributed by atoms with E-state index in [9.17, 15) is 0 Å². The number of rotatable bonds is 5. The van der Waals surface area contributed by atoms with Gasteiger partial charge in [0.25, 0.3) is 0 Å². The van der Waals surface area contributed by atoms with E-state index in [-0.39, 0.29) is 6.04 Å². The van der Waals surface area contributed by atoms with Gasteiger partial charge in [-0.15, -0.1) is 11.3 Å². The molecule has 0 saturated heterocycles. The van der Waals surface area contributed by atoms with Crippen LogP contribution in [0, 0.1) is 6.92 Å². The summed E-state index contributed by atoms with van der Waals surface area (Å²) in [6.45, 7) is 5.35. The molecule has 2 aromatic rings. The maximum atomic E-state index is 6.16. The number of hydrogen-bond donors (Lipinski definition) is 1. The molecule has 5 heteroatoms. The molecule has 0 aliphatic heterocycles. The predicted octanol–water partition coefficient (Wildman–Crippen LogP) is 5.62. The zero-order valence-electron chi connectivity index (χ0n) is 10.3. The van der Waals surface area contributed by atoms with Gasteiger partial charge in [-0.05, 0) is 63.8 Å². The minimum Gasteiger partial charge on any atom is -0.306 e. The van der Waals surface area contributed by atoms with Crippen molar-refractivity contribution in [1.82, 2.24) is 5.32 Å². The third-order valence-electron chi connectivity index (χ3n) is 2.75. The summed E-state index contributed by atoms with van der Waals surface area (Å²) in [5, 5.41) is 8.03. The van der Waals surface area contributed by atoms with Crippen LogP contribution in [-0.2, 0) is 0 Å². The van der Waals surface area contributed by atoms with Crippen LogP contribution in [0.2, 0.25) is 4.34 Å². The number of halogens is 2. The average molecular weight is 365 g/mol. The van der Waals surface area contributed by atoms with Gasteiger partial charge in [-0.2, -0.15) is 11.3 Å². The Hall–Kier alpha value is 0.130. The zero-order chi connectivity index (χ0) is 13.1. The molecule has 18 heavy (non-hydrogen) atoms. The number of aryl methyl sites for hydroxylation is 1. The van der Waals surface area contributed by atoms with Gasteiger partial charge in [-0.1, -0.05) is 18.5 Å². The maximum absolute atomic E-state index is 6.16. The molecule has 1 N–H and O–H groups in total. The minimum absolute atomic E-state index is 0.255. The topological polar surface area (TPSA) is 12.0 Å². The van der Waals surface area contributed by atoms with Crippen molar-refractivity contribution in [2.45, 2.75) is 26.3 Å². The van der Waals surface area contributed by atoms with Crippen LogP contribution in [0.25, 0.3) is 0 Å². The van der Waals surface area contributed by atoms with E-state index < -0.39 is 0 Å². The van der Waals surface area contributed by atoms with Crippen molar-refractivity contribution in [2.24, 2.45) is 0 Å². The van der Waals surface area contributed by atoms with Crippen LogP contribution in [0.1, 0.15) is 35.4 Å². The predicted molar refractivity (Wildman–Crippen MR) is 86.2 cm³/mol. The lowest BCUT2D eigenvalue weighted by Crippen LogP contribution is -2.22. The standard InChI is InChI=1S/C13H15BrClNS2/c1-3-4-16-12(9-7-17-6-8(9)2)11-5-10(14)13(15)18-11/h5-7,12,16H,3-4H2,1-2H3. The fourth-order valence-electron chi connectivity index (χ4n) is 1.82. The normalized spacial score (nSPS) is 12.9. The van der Waals surface area contributed by atoms with E-state index in [1.807, 2.05) is 0 Å². The molecule has 0 fully saturated rings. The number of nitrogens with one attached hydrogen (secondary N) is 1. The molecular weight excluding hydrogens is 350 g/mol. The van der Waals surface area contributed by atoms with Gasteiger partial charge in [0.05, 0.1) is 6.04 Å². The molecule has 0 aliphatic rings.